The first-order valence-corrected chi connectivity index (χ1v) is 7.02. The number of aliphatic hydroxyl groups excluding tert-OH is 1. The molecule has 1 unspecified atom stereocenters. The van der Waals surface area contributed by atoms with Crippen molar-refractivity contribution in [2.45, 2.75) is 19.4 Å². The Morgan fingerprint density at radius 2 is 1.90 bits per heavy atom. The van der Waals surface area contributed by atoms with Crippen LogP contribution in [0.15, 0.2) is 52.9 Å². The number of aromatic nitrogens is 1. The van der Waals surface area contributed by atoms with Crippen molar-refractivity contribution in [3.8, 4) is 5.75 Å². The summed E-state index contributed by atoms with van der Waals surface area (Å²) in [6.45, 7) is 2.48. The fraction of sp³-hybridized carbons (Fsp3) is 0.235. The molecule has 1 N–H and O–H groups in total. The fourth-order valence-electron chi connectivity index (χ4n) is 2.33. The van der Waals surface area contributed by atoms with E-state index in [0.29, 0.717) is 24.7 Å². The van der Waals surface area contributed by atoms with Crippen molar-refractivity contribution in [1.82, 2.24) is 4.98 Å². The van der Waals surface area contributed by atoms with Crippen LogP contribution in [0.4, 0.5) is 0 Å². The molecule has 21 heavy (non-hydrogen) atoms. The lowest BCUT2D eigenvalue weighted by Gasteiger charge is -2.14. The Labute approximate surface area is 123 Å². The quantitative estimate of drug-likeness (QED) is 0.778. The Balaban J connectivity index is 1.84. The average Bonchev–Trinajstić information content (AvgIpc) is 2.90. The lowest BCUT2D eigenvalue weighted by atomic mass is 10.1. The summed E-state index contributed by atoms with van der Waals surface area (Å²) in [4.78, 5) is 4.39. The Morgan fingerprint density at radius 1 is 1.14 bits per heavy atom. The van der Waals surface area contributed by atoms with Gasteiger partial charge in [0.25, 0.3) is 0 Å². The van der Waals surface area contributed by atoms with Crippen molar-refractivity contribution in [3.63, 3.8) is 0 Å². The average molecular weight is 283 g/mol. The Bertz CT molecular complexity index is 702. The zero-order chi connectivity index (χ0) is 14.7. The summed E-state index contributed by atoms with van der Waals surface area (Å²) in [6.07, 6.45) is -0.389. The molecule has 0 fully saturated rings. The van der Waals surface area contributed by atoms with Crippen molar-refractivity contribution >= 4 is 11.1 Å². The standard InChI is InChI=1S/C17H17NO3/c1-2-20-15-9-5-3-7-12(15)14(19)11-17-18-13-8-4-6-10-16(13)21-17/h3-10,14,19H,2,11H2,1H3. The van der Waals surface area contributed by atoms with E-state index in [1.807, 2.05) is 55.5 Å². The molecule has 1 atom stereocenters. The number of hydrogen-bond donors (Lipinski definition) is 1. The monoisotopic (exact) mass is 283 g/mol. The molecule has 4 nitrogen and oxygen atoms in total. The van der Waals surface area contributed by atoms with Gasteiger partial charge in [-0.05, 0) is 25.1 Å². The van der Waals surface area contributed by atoms with Crippen LogP contribution in [0.25, 0.3) is 11.1 Å². The first-order valence-electron chi connectivity index (χ1n) is 7.02. The van der Waals surface area contributed by atoms with Gasteiger partial charge in [-0.1, -0.05) is 30.3 Å². The van der Waals surface area contributed by atoms with E-state index in [1.54, 1.807) is 0 Å². The van der Waals surface area contributed by atoms with Crippen LogP contribution in [0.5, 0.6) is 5.75 Å². The maximum absolute atomic E-state index is 10.4. The molecule has 1 heterocycles. The van der Waals surface area contributed by atoms with Crippen LogP contribution in [0.2, 0.25) is 0 Å². The van der Waals surface area contributed by atoms with E-state index < -0.39 is 6.10 Å². The van der Waals surface area contributed by atoms with Crippen LogP contribution in [-0.2, 0) is 6.42 Å². The molecular formula is C17H17NO3. The van der Waals surface area contributed by atoms with E-state index in [9.17, 15) is 5.11 Å². The number of rotatable bonds is 5. The van der Waals surface area contributed by atoms with Crippen molar-refractivity contribution < 1.29 is 14.3 Å². The Kier molecular flexibility index (Phi) is 3.88. The van der Waals surface area contributed by atoms with Crippen LogP contribution in [0, 0.1) is 0 Å². The van der Waals surface area contributed by atoms with Gasteiger partial charge in [0.1, 0.15) is 11.3 Å². The number of para-hydroxylation sites is 3. The number of aliphatic hydroxyl groups is 1. The molecule has 3 rings (SSSR count). The van der Waals surface area contributed by atoms with Crippen LogP contribution in [-0.4, -0.2) is 16.7 Å². The highest BCUT2D eigenvalue weighted by Gasteiger charge is 2.17. The third-order valence-electron chi connectivity index (χ3n) is 3.28. The first-order chi connectivity index (χ1) is 10.3. The topological polar surface area (TPSA) is 55.5 Å². The van der Waals surface area contributed by atoms with Crippen LogP contribution < -0.4 is 4.74 Å². The third kappa shape index (κ3) is 2.90. The van der Waals surface area contributed by atoms with Crippen LogP contribution in [0.3, 0.4) is 0 Å². The summed E-state index contributed by atoms with van der Waals surface area (Å²) in [5, 5.41) is 10.4. The van der Waals surface area contributed by atoms with Crippen molar-refractivity contribution in [1.29, 1.82) is 0 Å². The molecule has 2 aromatic carbocycles. The van der Waals surface area contributed by atoms with Crippen molar-refractivity contribution in [2.75, 3.05) is 6.61 Å². The lowest BCUT2D eigenvalue weighted by Crippen LogP contribution is -2.05. The van der Waals surface area contributed by atoms with Gasteiger partial charge in [0.05, 0.1) is 19.1 Å². The lowest BCUT2D eigenvalue weighted by molar-refractivity contribution is 0.164. The molecule has 3 aromatic rings. The minimum Gasteiger partial charge on any atom is -0.493 e. The molecule has 0 saturated carbocycles. The van der Waals surface area contributed by atoms with E-state index >= 15 is 0 Å². The molecule has 0 radical (unpaired) electrons. The molecule has 0 amide bonds. The second-order valence-electron chi connectivity index (χ2n) is 4.77. The number of benzene rings is 2. The Morgan fingerprint density at radius 3 is 2.71 bits per heavy atom. The van der Waals surface area contributed by atoms with E-state index in [0.717, 1.165) is 16.7 Å². The largest absolute Gasteiger partial charge is 0.493 e. The molecular weight excluding hydrogens is 266 g/mol. The number of oxazole rings is 1. The van der Waals surface area contributed by atoms with E-state index in [1.165, 1.54) is 0 Å². The second-order valence-corrected chi connectivity index (χ2v) is 4.77. The summed E-state index contributed by atoms with van der Waals surface area (Å²) in [5.74, 6) is 1.22. The van der Waals surface area contributed by atoms with Crippen molar-refractivity contribution in [2.24, 2.45) is 0 Å². The summed E-state index contributed by atoms with van der Waals surface area (Å²) in [6, 6.07) is 15.1. The predicted molar refractivity (Wildman–Crippen MR) is 80.3 cm³/mol. The summed E-state index contributed by atoms with van der Waals surface area (Å²) >= 11 is 0. The zero-order valence-electron chi connectivity index (χ0n) is 11.8. The molecule has 0 aliphatic rings. The Hall–Kier alpha value is -2.33. The summed E-state index contributed by atoms with van der Waals surface area (Å²) in [5.41, 5.74) is 2.29. The molecule has 1 aromatic heterocycles. The molecule has 4 heteroatoms. The zero-order valence-corrected chi connectivity index (χ0v) is 11.8. The number of fused-ring (bicyclic) bond motifs is 1. The predicted octanol–water partition coefficient (Wildman–Crippen LogP) is 3.50. The SMILES string of the molecule is CCOc1ccccc1C(O)Cc1nc2ccccc2o1. The third-order valence-corrected chi connectivity index (χ3v) is 3.28. The molecule has 0 aliphatic carbocycles. The van der Waals surface area contributed by atoms with Crippen LogP contribution >= 0.6 is 0 Å². The van der Waals surface area contributed by atoms with Crippen molar-refractivity contribution in [3.05, 3.63) is 60.0 Å². The van der Waals surface area contributed by atoms with Gasteiger partial charge in [0.2, 0.25) is 0 Å². The van der Waals surface area contributed by atoms with E-state index in [4.69, 9.17) is 9.15 Å². The van der Waals surface area contributed by atoms with Gasteiger partial charge in [0.15, 0.2) is 11.5 Å². The van der Waals surface area contributed by atoms with E-state index in [-0.39, 0.29) is 0 Å². The second kappa shape index (κ2) is 5.97. The normalized spacial score (nSPS) is 12.5. The molecule has 0 spiro atoms. The van der Waals surface area contributed by atoms with E-state index in [2.05, 4.69) is 4.98 Å². The minimum atomic E-state index is -0.708. The molecule has 108 valence electrons. The summed E-state index contributed by atoms with van der Waals surface area (Å²) < 4.78 is 11.2. The maximum Gasteiger partial charge on any atom is 0.198 e. The van der Waals surface area contributed by atoms with Gasteiger partial charge in [-0.15, -0.1) is 0 Å². The fourth-order valence-corrected chi connectivity index (χ4v) is 2.33. The van der Waals surface area contributed by atoms with Gasteiger partial charge in [-0.25, -0.2) is 4.98 Å². The number of nitrogens with zero attached hydrogens (tertiary/aromatic N) is 1. The maximum atomic E-state index is 10.4. The van der Waals surface area contributed by atoms with Crippen LogP contribution in [0.1, 0.15) is 24.5 Å². The highest BCUT2D eigenvalue weighted by atomic mass is 16.5. The molecule has 0 saturated heterocycles. The highest BCUT2D eigenvalue weighted by molar-refractivity contribution is 5.72. The molecule has 0 bridgehead atoms. The first kappa shape index (κ1) is 13.6. The smallest absolute Gasteiger partial charge is 0.198 e. The van der Waals surface area contributed by atoms with Gasteiger partial charge in [-0.3, -0.25) is 0 Å². The number of ether oxygens (including phenoxy) is 1. The number of hydrogen-bond acceptors (Lipinski definition) is 4. The minimum absolute atomic E-state index is 0.318. The highest BCUT2D eigenvalue weighted by Crippen LogP contribution is 2.28. The van der Waals surface area contributed by atoms with Gasteiger partial charge in [0, 0.05) is 5.56 Å². The van der Waals surface area contributed by atoms with Gasteiger partial charge in [-0.2, -0.15) is 0 Å². The summed E-state index contributed by atoms with van der Waals surface area (Å²) in [7, 11) is 0. The molecule has 0 aliphatic heterocycles. The van der Waals surface area contributed by atoms with Gasteiger partial charge < -0.3 is 14.3 Å². The van der Waals surface area contributed by atoms with Gasteiger partial charge >= 0.3 is 0 Å².